The highest BCUT2D eigenvalue weighted by atomic mass is 16.6. The number of carbonyl (C=O) groups is 1. The number of aromatic nitrogens is 2. The van der Waals surface area contributed by atoms with Crippen LogP contribution in [0.5, 0.6) is 5.75 Å². The first-order valence-corrected chi connectivity index (χ1v) is 8.82. The van der Waals surface area contributed by atoms with E-state index in [4.69, 9.17) is 4.74 Å². The molecule has 1 aromatic heterocycles. The predicted octanol–water partition coefficient (Wildman–Crippen LogP) is 1.67. The highest BCUT2D eigenvalue weighted by Crippen LogP contribution is 2.30. The molecular formula is C18H23N5O4. The van der Waals surface area contributed by atoms with Crippen molar-refractivity contribution in [2.45, 2.75) is 25.9 Å². The van der Waals surface area contributed by atoms with Crippen molar-refractivity contribution in [1.82, 2.24) is 19.8 Å². The maximum Gasteiger partial charge on any atom is 0.381 e. The fourth-order valence-electron chi connectivity index (χ4n) is 3.39. The molecule has 3 rings (SSSR count). The first kappa shape index (κ1) is 18.8. The molecule has 1 N–H and O–H groups in total. The number of nitrogens with zero attached hydrogens (tertiary/aromatic N) is 4. The zero-order valence-electron chi connectivity index (χ0n) is 15.4. The number of nitrogens with one attached hydrogen (secondary N) is 1. The van der Waals surface area contributed by atoms with Gasteiger partial charge in [0.05, 0.1) is 13.2 Å². The van der Waals surface area contributed by atoms with E-state index in [1.807, 2.05) is 29.2 Å². The number of imidazole rings is 1. The molecule has 1 aromatic carbocycles. The van der Waals surface area contributed by atoms with Crippen LogP contribution in [0.25, 0.3) is 0 Å². The summed E-state index contributed by atoms with van der Waals surface area (Å²) < 4.78 is 7.10. The van der Waals surface area contributed by atoms with E-state index >= 15 is 0 Å². The third-order valence-corrected chi connectivity index (χ3v) is 4.78. The first-order valence-electron chi connectivity index (χ1n) is 8.82. The van der Waals surface area contributed by atoms with E-state index in [1.165, 1.54) is 6.20 Å². The number of benzene rings is 1. The van der Waals surface area contributed by atoms with Gasteiger partial charge in [0.1, 0.15) is 11.9 Å². The van der Waals surface area contributed by atoms with Crippen LogP contribution < -0.4 is 10.1 Å². The maximum atomic E-state index is 12.9. The predicted molar refractivity (Wildman–Crippen MR) is 98.6 cm³/mol. The van der Waals surface area contributed by atoms with E-state index in [-0.39, 0.29) is 24.2 Å². The SMILES string of the molecule is COc1ccccc1C1CNCCN1C(=O)CCn1cc([N+](=O)[O-])nc1C. The number of aryl methyl sites for hydroxylation is 2. The summed E-state index contributed by atoms with van der Waals surface area (Å²) in [5.41, 5.74) is 0.968. The minimum atomic E-state index is -0.528. The molecule has 0 aliphatic carbocycles. The number of rotatable bonds is 6. The van der Waals surface area contributed by atoms with Crippen molar-refractivity contribution in [1.29, 1.82) is 0 Å². The van der Waals surface area contributed by atoms with E-state index in [0.29, 0.717) is 25.5 Å². The van der Waals surface area contributed by atoms with Gasteiger partial charge in [-0.05, 0) is 16.0 Å². The Balaban J connectivity index is 1.73. The second-order valence-corrected chi connectivity index (χ2v) is 6.40. The molecule has 1 aliphatic heterocycles. The molecule has 1 saturated heterocycles. The Kier molecular flexibility index (Phi) is 5.70. The monoisotopic (exact) mass is 373 g/mol. The van der Waals surface area contributed by atoms with Crippen LogP contribution in [0, 0.1) is 17.0 Å². The molecule has 0 saturated carbocycles. The summed E-state index contributed by atoms with van der Waals surface area (Å²) in [5.74, 6) is 1.08. The number of hydrogen-bond donors (Lipinski definition) is 1. The van der Waals surface area contributed by atoms with Gasteiger partial charge in [-0.15, -0.1) is 0 Å². The van der Waals surface area contributed by atoms with Crippen molar-refractivity contribution in [3.8, 4) is 5.75 Å². The van der Waals surface area contributed by atoms with Crippen molar-refractivity contribution in [3.05, 3.63) is 52.0 Å². The number of methoxy groups -OCH3 is 1. The molecule has 1 unspecified atom stereocenters. The minimum absolute atomic E-state index is 0.00293. The number of nitro groups is 1. The van der Waals surface area contributed by atoms with Gasteiger partial charge in [0.15, 0.2) is 0 Å². The lowest BCUT2D eigenvalue weighted by Gasteiger charge is -2.37. The molecule has 144 valence electrons. The number of carbonyl (C=O) groups excluding carboxylic acids is 1. The van der Waals surface area contributed by atoms with Crippen LogP contribution in [0.4, 0.5) is 5.82 Å². The molecule has 9 heteroatoms. The molecule has 1 amide bonds. The van der Waals surface area contributed by atoms with Crippen molar-refractivity contribution in [2.75, 3.05) is 26.7 Å². The van der Waals surface area contributed by atoms with Crippen LogP contribution in [0.3, 0.4) is 0 Å². The van der Waals surface area contributed by atoms with Gasteiger partial charge in [-0.1, -0.05) is 18.2 Å². The van der Waals surface area contributed by atoms with Crippen molar-refractivity contribution in [3.63, 3.8) is 0 Å². The average Bonchev–Trinajstić information content (AvgIpc) is 3.07. The summed E-state index contributed by atoms with van der Waals surface area (Å²) >= 11 is 0. The maximum absolute atomic E-state index is 12.9. The fraction of sp³-hybridized carbons (Fsp3) is 0.444. The number of ether oxygens (including phenoxy) is 1. The van der Waals surface area contributed by atoms with Crippen LogP contribution in [0.15, 0.2) is 30.5 Å². The Morgan fingerprint density at radius 3 is 2.93 bits per heavy atom. The van der Waals surface area contributed by atoms with Crippen LogP contribution in [-0.4, -0.2) is 52.0 Å². The molecule has 9 nitrogen and oxygen atoms in total. The van der Waals surface area contributed by atoms with E-state index in [1.54, 1.807) is 18.6 Å². The number of hydrogen-bond acceptors (Lipinski definition) is 6. The van der Waals surface area contributed by atoms with Gasteiger partial charge in [0.2, 0.25) is 11.7 Å². The molecule has 1 fully saturated rings. The van der Waals surface area contributed by atoms with Gasteiger partial charge in [0.25, 0.3) is 0 Å². The molecule has 2 aromatic rings. The third kappa shape index (κ3) is 4.08. The largest absolute Gasteiger partial charge is 0.496 e. The van der Waals surface area contributed by atoms with Crippen LogP contribution in [-0.2, 0) is 11.3 Å². The first-order chi connectivity index (χ1) is 13.0. The van der Waals surface area contributed by atoms with E-state index in [0.717, 1.165) is 17.9 Å². The minimum Gasteiger partial charge on any atom is -0.496 e. The van der Waals surface area contributed by atoms with Crippen LogP contribution in [0.1, 0.15) is 23.9 Å². The second-order valence-electron chi connectivity index (χ2n) is 6.40. The second kappa shape index (κ2) is 8.17. The third-order valence-electron chi connectivity index (χ3n) is 4.78. The van der Waals surface area contributed by atoms with E-state index in [2.05, 4.69) is 10.3 Å². The Hall–Kier alpha value is -2.94. The topological polar surface area (TPSA) is 103 Å². The van der Waals surface area contributed by atoms with Crippen LogP contribution in [0.2, 0.25) is 0 Å². The lowest BCUT2D eigenvalue weighted by molar-refractivity contribution is -0.389. The Labute approximate surface area is 157 Å². The Bertz CT molecular complexity index is 835. The molecular weight excluding hydrogens is 350 g/mol. The van der Waals surface area contributed by atoms with Gasteiger partial charge >= 0.3 is 5.82 Å². The van der Waals surface area contributed by atoms with Gasteiger partial charge in [-0.3, -0.25) is 4.79 Å². The summed E-state index contributed by atoms with van der Waals surface area (Å²) in [6.07, 6.45) is 1.62. The normalized spacial score (nSPS) is 17.0. The summed E-state index contributed by atoms with van der Waals surface area (Å²) in [5, 5.41) is 14.2. The standard InChI is InChI=1S/C18H23N5O4/c1-13-20-17(23(25)26)12-21(13)9-7-18(24)22-10-8-19-11-15(22)14-5-3-4-6-16(14)27-2/h3-6,12,15,19H,7-11H2,1-2H3. The van der Waals surface area contributed by atoms with Crippen LogP contribution >= 0.6 is 0 Å². The highest BCUT2D eigenvalue weighted by Gasteiger charge is 2.29. The van der Waals surface area contributed by atoms with E-state index < -0.39 is 4.92 Å². The lowest BCUT2D eigenvalue weighted by Crippen LogP contribution is -2.48. The number of amides is 1. The Morgan fingerprint density at radius 2 is 2.22 bits per heavy atom. The van der Waals surface area contributed by atoms with Gasteiger partial charge in [-0.2, -0.15) is 0 Å². The molecule has 1 atom stereocenters. The smallest absolute Gasteiger partial charge is 0.381 e. The van der Waals surface area contributed by atoms with Gasteiger partial charge < -0.3 is 29.6 Å². The highest BCUT2D eigenvalue weighted by molar-refractivity contribution is 5.77. The van der Waals surface area contributed by atoms with E-state index in [9.17, 15) is 14.9 Å². The molecule has 1 aliphatic rings. The quantitative estimate of drug-likeness (QED) is 0.610. The lowest BCUT2D eigenvalue weighted by atomic mass is 10.0. The average molecular weight is 373 g/mol. The molecule has 0 bridgehead atoms. The summed E-state index contributed by atoms with van der Waals surface area (Å²) in [6.45, 7) is 4.03. The number of para-hydroxylation sites is 1. The molecule has 0 spiro atoms. The van der Waals surface area contributed by atoms with Crippen molar-refractivity contribution < 1.29 is 14.5 Å². The van der Waals surface area contributed by atoms with Gasteiger partial charge in [0, 0.05) is 45.1 Å². The fourth-order valence-corrected chi connectivity index (χ4v) is 3.39. The molecule has 2 heterocycles. The summed E-state index contributed by atoms with van der Waals surface area (Å²) in [4.78, 5) is 29.0. The summed E-state index contributed by atoms with van der Waals surface area (Å²) in [6, 6.07) is 7.59. The zero-order valence-corrected chi connectivity index (χ0v) is 15.4. The van der Waals surface area contributed by atoms with Crippen molar-refractivity contribution >= 4 is 11.7 Å². The van der Waals surface area contributed by atoms with Crippen molar-refractivity contribution in [2.24, 2.45) is 0 Å². The summed E-state index contributed by atoms with van der Waals surface area (Å²) in [7, 11) is 1.62. The Morgan fingerprint density at radius 1 is 1.44 bits per heavy atom. The van der Waals surface area contributed by atoms with Gasteiger partial charge in [-0.25, -0.2) is 0 Å². The molecule has 0 radical (unpaired) electrons. The molecule has 27 heavy (non-hydrogen) atoms. The zero-order chi connectivity index (χ0) is 19.4. The number of piperazine rings is 1.